The maximum absolute atomic E-state index is 12.4. The van der Waals surface area contributed by atoms with E-state index in [4.69, 9.17) is 4.74 Å². The molecule has 7 nitrogen and oxygen atoms in total. The lowest BCUT2D eigenvalue weighted by Gasteiger charge is -2.22. The molecule has 0 spiro atoms. The van der Waals surface area contributed by atoms with Crippen molar-refractivity contribution < 1.29 is 14.3 Å². The van der Waals surface area contributed by atoms with Gasteiger partial charge in [0.05, 0.1) is 18.4 Å². The highest BCUT2D eigenvalue weighted by Crippen LogP contribution is 2.32. The molecule has 2 aromatic rings. The third kappa shape index (κ3) is 4.61. The van der Waals surface area contributed by atoms with Gasteiger partial charge < -0.3 is 15.4 Å². The minimum absolute atomic E-state index is 0.00475. The summed E-state index contributed by atoms with van der Waals surface area (Å²) in [7, 11) is 0. The lowest BCUT2D eigenvalue weighted by Crippen LogP contribution is -2.50. The summed E-state index contributed by atoms with van der Waals surface area (Å²) in [6, 6.07) is 5.38. The molecule has 3 rings (SSSR count). The van der Waals surface area contributed by atoms with E-state index in [1.165, 1.54) is 6.92 Å². The molecule has 0 aliphatic carbocycles. The molecule has 2 heterocycles. The van der Waals surface area contributed by atoms with Crippen LogP contribution in [0.15, 0.2) is 36.8 Å². The van der Waals surface area contributed by atoms with Gasteiger partial charge in [-0.15, -0.1) is 0 Å². The number of carbonyl (C=O) groups excluding carboxylic acids is 2. The minimum Gasteiger partial charge on any atom is -0.488 e. The first-order chi connectivity index (χ1) is 12.9. The molecule has 1 aliphatic rings. The molecule has 0 saturated heterocycles. The summed E-state index contributed by atoms with van der Waals surface area (Å²) >= 11 is 0. The van der Waals surface area contributed by atoms with Crippen molar-refractivity contribution in [2.45, 2.75) is 39.3 Å². The largest absolute Gasteiger partial charge is 0.488 e. The lowest BCUT2D eigenvalue weighted by atomic mass is 10.0. The van der Waals surface area contributed by atoms with Crippen LogP contribution in [0.3, 0.4) is 0 Å². The SMILES string of the molecule is CC(=O)N[C@H](C(=O)NC[C@H]1Cc2cc(-c3cnccn3)ccc2O1)C(C)C. The van der Waals surface area contributed by atoms with Gasteiger partial charge in [-0.05, 0) is 29.7 Å². The maximum Gasteiger partial charge on any atom is 0.242 e. The van der Waals surface area contributed by atoms with Gasteiger partial charge in [-0.2, -0.15) is 0 Å². The Labute approximate surface area is 158 Å². The predicted octanol–water partition coefficient (Wildman–Crippen LogP) is 1.72. The topological polar surface area (TPSA) is 93.2 Å². The van der Waals surface area contributed by atoms with Gasteiger partial charge in [0.1, 0.15) is 17.9 Å². The van der Waals surface area contributed by atoms with Gasteiger partial charge in [-0.3, -0.25) is 19.6 Å². The van der Waals surface area contributed by atoms with Gasteiger partial charge in [0.25, 0.3) is 0 Å². The number of nitrogens with one attached hydrogen (secondary N) is 2. The normalized spacial score (nSPS) is 16.4. The van der Waals surface area contributed by atoms with E-state index in [1.54, 1.807) is 18.6 Å². The van der Waals surface area contributed by atoms with Crippen LogP contribution in [-0.2, 0) is 16.0 Å². The molecule has 27 heavy (non-hydrogen) atoms. The first-order valence-electron chi connectivity index (χ1n) is 9.05. The van der Waals surface area contributed by atoms with Crippen LogP contribution in [0.25, 0.3) is 11.3 Å². The molecule has 0 unspecified atom stereocenters. The van der Waals surface area contributed by atoms with Gasteiger partial charge >= 0.3 is 0 Å². The number of benzene rings is 1. The zero-order valence-electron chi connectivity index (χ0n) is 15.7. The molecule has 1 aromatic carbocycles. The van der Waals surface area contributed by atoms with E-state index < -0.39 is 6.04 Å². The molecule has 2 amide bonds. The van der Waals surface area contributed by atoms with Gasteiger partial charge in [0, 0.05) is 31.3 Å². The lowest BCUT2D eigenvalue weighted by molar-refractivity contribution is -0.129. The molecule has 0 saturated carbocycles. The second-order valence-corrected chi connectivity index (χ2v) is 7.02. The number of nitrogens with zero attached hydrogens (tertiary/aromatic N) is 2. The first kappa shape index (κ1) is 18.8. The third-order valence-electron chi connectivity index (χ3n) is 4.47. The Morgan fingerprint density at radius 1 is 1.30 bits per heavy atom. The van der Waals surface area contributed by atoms with Gasteiger partial charge in [-0.25, -0.2) is 0 Å². The molecule has 0 fully saturated rings. The zero-order valence-corrected chi connectivity index (χ0v) is 15.7. The number of hydrogen-bond donors (Lipinski definition) is 2. The van der Waals surface area contributed by atoms with Crippen molar-refractivity contribution in [1.29, 1.82) is 0 Å². The van der Waals surface area contributed by atoms with E-state index in [-0.39, 0.29) is 23.8 Å². The highest BCUT2D eigenvalue weighted by molar-refractivity contribution is 5.87. The van der Waals surface area contributed by atoms with Crippen LogP contribution < -0.4 is 15.4 Å². The van der Waals surface area contributed by atoms with Crippen LogP contribution in [0, 0.1) is 5.92 Å². The Kier molecular flexibility index (Phi) is 5.69. The average molecular weight is 368 g/mol. The Morgan fingerprint density at radius 3 is 2.78 bits per heavy atom. The standard InChI is InChI=1S/C20H24N4O3/c1-12(2)19(24-13(3)25)20(26)23-10-16-9-15-8-14(4-5-18(15)27-16)17-11-21-6-7-22-17/h4-8,11-12,16,19H,9-10H2,1-3H3,(H,23,26)(H,24,25)/t16-,19+/m1/s1. The van der Waals surface area contributed by atoms with Crippen molar-refractivity contribution in [2.24, 2.45) is 5.92 Å². The zero-order chi connectivity index (χ0) is 19.4. The van der Waals surface area contributed by atoms with Crippen LogP contribution in [0.1, 0.15) is 26.3 Å². The highest BCUT2D eigenvalue weighted by Gasteiger charge is 2.27. The Bertz CT molecular complexity index is 823. The maximum atomic E-state index is 12.4. The Balaban J connectivity index is 1.60. The second kappa shape index (κ2) is 8.16. The fourth-order valence-electron chi connectivity index (χ4n) is 3.12. The smallest absolute Gasteiger partial charge is 0.242 e. The van der Waals surface area contributed by atoms with Crippen molar-refractivity contribution in [1.82, 2.24) is 20.6 Å². The van der Waals surface area contributed by atoms with E-state index in [0.717, 1.165) is 22.6 Å². The van der Waals surface area contributed by atoms with E-state index in [1.807, 2.05) is 26.0 Å². The Morgan fingerprint density at radius 2 is 2.11 bits per heavy atom. The Hall–Kier alpha value is -2.96. The van der Waals surface area contributed by atoms with Crippen LogP contribution in [0.4, 0.5) is 0 Å². The first-order valence-corrected chi connectivity index (χ1v) is 9.05. The molecular formula is C20H24N4O3. The number of ether oxygens (including phenoxy) is 1. The summed E-state index contributed by atoms with van der Waals surface area (Å²) in [6.07, 6.45) is 5.60. The van der Waals surface area contributed by atoms with E-state index in [9.17, 15) is 9.59 Å². The van der Waals surface area contributed by atoms with Crippen LogP contribution in [-0.4, -0.2) is 40.5 Å². The molecule has 7 heteroatoms. The van der Waals surface area contributed by atoms with Crippen molar-refractivity contribution >= 4 is 11.8 Å². The highest BCUT2D eigenvalue weighted by atomic mass is 16.5. The van der Waals surface area contributed by atoms with Crippen molar-refractivity contribution in [3.8, 4) is 17.0 Å². The van der Waals surface area contributed by atoms with Crippen LogP contribution in [0.5, 0.6) is 5.75 Å². The van der Waals surface area contributed by atoms with Gasteiger partial charge in [-0.1, -0.05) is 13.8 Å². The van der Waals surface area contributed by atoms with Crippen molar-refractivity contribution in [3.05, 3.63) is 42.4 Å². The number of aromatic nitrogens is 2. The number of rotatable bonds is 6. The fraction of sp³-hybridized carbons (Fsp3) is 0.400. The monoisotopic (exact) mass is 368 g/mol. The van der Waals surface area contributed by atoms with Crippen molar-refractivity contribution in [2.75, 3.05) is 6.54 Å². The van der Waals surface area contributed by atoms with E-state index in [2.05, 4.69) is 26.7 Å². The molecule has 2 atom stereocenters. The molecule has 142 valence electrons. The number of carbonyl (C=O) groups is 2. The number of amides is 2. The summed E-state index contributed by atoms with van der Waals surface area (Å²) < 4.78 is 5.93. The van der Waals surface area contributed by atoms with Crippen LogP contribution >= 0.6 is 0 Å². The quantitative estimate of drug-likeness (QED) is 0.810. The van der Waals surface area contributed by atoms with Gasteiger partial charge in [0.2, 0.25) is 11.8 Å². The van der Waals surface area contributed by atoms with E-state index in [0.29, 0.717) is 13.0 Å². The number of fused-ring (bicyclic) bond motifs is 1. The molecule has 0 bridgehead atoms. The third-order valence-corrected chi connectivity index (χ3v) is 4.47. The minimum atomic E-state index is -0.547. The van der Waals surface area contributed by atoms with Crippen LogP contribution in [0.2, 0.25) is 0 Å². The van der Waals surface area contributed by atoms with Gasteiger partial charge in [0.15, 0.2) is 0 Å². The summed E-state index contributed by atoms with van der Waals surface area (Å²) in [4.78, 5) is 32.1. The molecule has 2 N–H and O–H groups in total. The average Bonchev–Trinajstić information content (AvgIpc) is 3.06. The molecule has 1 aliphatic heterocycles. The molecule has 0 radical (unpaired) electrons. The molecule has 1 aromatic heterocycles. The summed E-state index contributed by atoms with van der Waals surface area (Å²) in [5, 5.41) is 5.58. The number of hydrogen-bond acceptors (Lipinski definition) is 5. The summed E-state index contributed by atoms with van der Waals surface area (Å²) in [5.74, 6) is 0.416. The fourth-order valence-corrected chi connectivity index (χ4v) is 3.12. The summed E-state index contributed by atoms with van der Waals surface area (Å²) in [5.41, 5.74) is 2.88. The molecular weight excluding hydrogens is 344 g/mol. The summed E-state index contributed by atoms with van der Waals surface area (Å²) in [6.45, 7) is 5.59. The second-order valence-electron chi connectivity index (χ2n) is 7.02. The van der Waals surface area contributed by atoms with E-state index >= 15 is 0 Å². The van der Waals surface area contributed by atoms with Crippen molar-refractivity contribution in [3.63, 3.8) is 0 Å². The predicted molar refractivity (Wildman–Crippen MR) is 101 cm³/mol.